The number of benzene rings is 3. The Labute approximate surface area is 240 Å². The average molecular weight is 579 g/mol. The van der Waals surface area contributed by atoms with Crippen molar-refractivity contribution in [3.63, 3.8) is 0 Å². The first-order valence-electron chi connectivity index (χ1n) is 12.5. The third-order valence-corrected chi connectivity index (χ3v) is 7.18. The van der Waals surface area contributed by atoms with E-state index >= 15 is 0 Å². The molecular formula is C30H25Cl2FN4O3. The van der Waals surface area contributed by atoms with E-state index in [1.165, 1.54) is 24.1 Å². The highest BCUT2D eigenvalue weighted by Crippen LogP contribution is 2.36. The van der Waals surface area contributed by atoms with Gasteiger partial charge >= 0.3 is 6.09 Å². The maximum absolute atomic E-state index is 13.7. The number of amides is 2. The lowest BCUT2D eigenvalue weighted by molar-refractivity contribution is 0.0930. The second-order valence-electron chi connectivity index (χ2n) is 9.34. The summed E-state index contributed by atoms with van der Waals surface area (Å²) in [6, 6.07) is 20.2. The van der Waals surface area contributed by atoms with Crippen LogP contribution in [0.5, 0.6) is 0 Å². The Morgan fingerprint density at radius 1 is 1.05 bits per heavy atom. The third kappa shape index (κ3) is 5.59. The number of fused-ring (bicyclic) bond motifs is 1. The molecule has 1 aromatic heterocycles. The molecular weight excluding hydrogens is 554 g/mol. The summed E-state index contributed by atoms with van der Waals surface area (Å²) < 4.78 is 20.2. The van der Waals surface area contributed by atoms with Crippen LogP contribution >= 0.6 is 23.2 Å². The van der Waals surface area contributed by atoms with Gasteiger partial charge in [-0.15, -0.1) is 0 Å². The summed E-state index contributed by atoms with van der Waals surface area (Å²) in [4.78, 5) is 27.9. The molecule has 4 aromatic rings. The smallest absolute Gasteiger partial charge is 0.410 e. The number of aromatic nitrogens is 2. The van der Waals surface area contributed by atoms with Crippen LogP contribution in [0.2, 0.25) is 10.0 Å². The monoisotopic (exact) mass is 578 g/mol. The van der Waals surface area contributed by atoms with E-state index in [1.807, 2.05) is 43.3 Å². The van der Waals surface area contributed by atoms with E-state index in [4.69, 9.17) is 33.0 Å². The summed E-state index contributed by atoms with van der Waals surface area (Å²) in [7, 11) is 1.30. The van der Waals surface area contributed by atoms with Gasteiger partial charge < -0.3 is 10.1 Å². The molecule has 204 valence electrons. The van der Waals surface area contributed by atoms with Crippen LogP contribution < -0.4 is 5.32 Å². The Kier molecular flexibility index (Phi) is 7.91. The van der Waals surface area contributed by atoms with Gasteiger partial charge in [-0.1, -0.05) is 65.7 Å². The lowest BCUT2D eigenvalue weighted by Crippen LogP contribution is -2.36. The Balaban J connectivity index is 1.68. The molecule has 3 aromatic carbocycles. The Morgan fingerprint density at radius 2 is 1.77 bits per heavy atom. The van der Waals surface area contributed by atoms with Crippen LogP contribution in [-0.4, -0.2) is 40.3 Å². The number of carbonyl (C=O) groups excluding carboxylic acids is 2. The minimum Gasteiger partial charge on any atom is -0.453 e. The molecule has 2 heterocycles. The molecule has 5 rings (SSSR count). The summed E-state index contributed by atoms with van der Waals surface area (Å²) in [6.07, 6.45) is 1.26. The maximum atomic E-state index is 13.7. The van der Waals surface area contributed by atoms with E-state index in [2.05, 4.69) is 5.32 Å². The van der Waals surface area contributed by atoms with Crippen molar-refractivity contribution in [3.8, 4) is 5.69 Å². The molecule has 1 atom stereocenters. The highest BCUT2D eigenvalue weighted by atomic mass is 35.5. The zero-order chi connectivity index (χ0) is 28.4. The zero-order valence-electron chi connectivity index (χ0n) is 21.7. The van der Waals surface area contributed by atoms with Crippen LogP contribution in [0.15, 0.2) is 72.8 Å². The van der Waals surface area contributed by atoms with Crippen LogP contribution in [0.4, 0.5) is 9.18 Å². The van der Waals surface area contributed by atoms with Crippen LogP contribution in [0.25, 0.3) is 17.3 Å². The van der Waals surface area contributed by atoms with Crippen molar-refractivity contribution in [3.05, 3.63) is 117 Å². The van der Waals surface area contributed by atoms with Crippen molar-refractivity contribution in [2.75, 3.05) is 13.7 Å². The van der Waals surface area contributed by atoms with Crippen molar-refractivity contribution in [2.45, 2.75) is 19.5 Å². The molecule has 0 saturated carbocycles. The first kappa shape index (κ1) is 27.4. The lowest BCUT2D eigenvalue weighted by atomic mass is 9.97. The largest absolute Gasteiger partial charge is 0.453 e. The van der Waals surface area contributed by atoms with Gasteiger partial charge in [-0.25, -0.2) is 13.9 Å². The third-order valence-electron chi connectivity index (χ3n) is 6.64. The molecule has 0 fully saturated rings. The number of halogens is 3. The van der Waals surface area contributed by atoms with E-state index in [9.17, 15) is 14.0 Å². The molecule has 1 N–H and O–H groups in total. The predicted octanol–water partition coefficient (Wildman–Crippen LogP) is 6.93. The molecule has 40 heavy (non-hydrogen) atoms. The van der Waals surface area contributed by atoms with Crippen molar-refractivity contribution >= 4 is 46.9 Å². The molecule has 2 amide bonds. The summed E-state index contributed by atoms with van der Waals surface area (Å²) in [5.41, 5.74) is 4.06. The number of nitrogens with one attached hydrogen (secondary N) is 1. The number of rotatable bonds is 5. The molecule has 0 spiro atoms. The molecule has 0 bridgehead atoms. The molecule has 0 unspecified atom stereocenters. The second kappa shape index (κ2) is 11.5. The summed E-state index contributed by atoms with van der Waals surface area (Å²) in [5.74, 6) is -0.781. The van der Waals surface area contributed by atoms with E-state index in [0.717, 1.165) is 5.56 Å². The van der Waals surface area contributed by atoms with E-state index in [-0.39, 0.29) is 30.6 Å². The van der Waals surface area contributed by atoms with Gasteiger partial charge in [0.15, 0.2) is 5.69 Å². The molecule has 10 heteroatoms. The first-order valence-corrected chi connectivity index (χ1v) is 13.2. The van der Waals surface area contributed by atoms with Crippen LogP contribution in [-0.2, 0) is 11.3 Å². The molecule has 1 aliphatic heterocycles. The highest BCUT2D eigenvalue weighted by Gasteiger charge is 2.34. The normalized spacial score (nSPS) is 14.5. The van der Waals surface area contributed by atoms with E-state index in [1.54, 1.807) is 35.0 Å². The van der Waals surface area contributed by atoms with Gasteiger partial charge in [0.25, 0.3) is 5.91 Å². The van der Waals surface area contributed by atoms with E-state index in [0.29, 0.717) is 38.1 Å². The van der Waals surface area contributed by atoms with Crippen LogP contribution in [0, 0.1) is 5.82 Å². The average Bonchev–Trinajstić information content (AvgIpc) is 3.34. The standard InChI is InChI=1S/C30H25Cl2FN4O3/c1-18(20-6-4-3-5-7-20)34-29(38)27-24-17-36(30(39)40-2)16-21(14-19-8-11-23(33)12-9-19)28(24)37(35-27)26-13-10-22(31)15-25(26)32/h3-15,18H,16-17H2,1-2H3,(H,34,38)/t18-/m1/s1. The number of nitrogens with zero attached hydrogens (tertiary/aromatic N) is 3. The maximum Gasteiger partial charge on any atom is 0.410 e. The van der Waals surface area contributed by atoms with E-state index < -0.39 is 12.0 Å². The van der Waals surface area contributed by atoms with Crippen molar-refractivity contribution in [1.82, 2.24) is 20.0 Å². The summed E-state index contributed by atoms with van der Waals surface area (Å²) >= 11 is 12.8. The van der Waals surface area contributed by atoms with Gasteiger partial charge in [-0.05, 0) is 60.0 Å². The molecule has 0 saturated heterocycles. The quantitative estimate of drug-likeness (QED) is 0.278. The van der Waals surface area contributed by atoms with Gasteiger partial charge in [-0.2, -0.15) is 5.10 Å². The van der Waals surface area contributed by atoms with Crippen molar-refractivity contribution < 1.29 is 18.7 Å². The highest BCUT2D eigenvalue weighted by molar-refractivity contribution is 6.35. The number of methoxy groups -OCH3 is 1. The topological polar surface area (TPSA) is 76.5 Å². The number of ether oxygens (including phenoxy) is 1. The number of hydrogen-bond acceptors (Lipinski definition) is 4. The predicted molar refractivity (Wildman–Crippen MR) is 153 cm³/mol. The van der Waals surface area contributed by atoms with Gasteiger partial charge in [0.05, 0.1) is 42.6 Å². The fourth-order valence-electron chi connectivity index (χ4n) is 4.69. The fourth-order valence-corrected chi connectivity index (χ4v) is 5.18. The summed E-state index contributed by atoms with van der Waals surface area (Å²) in [6.45, 7) is 2.12. The molecule has 0 aliphatic carbocycles. The minimum absolute atomic E-state index is 0.0798. The van der Waals surface area contributed by atoms with Gasteiger partial charge in [-0.3, -0.25) is 9.69 Å². The SMILES string of the molecule is COC(=O)N1CC(=Cc2ccc(F)cc2)c2c(c(C(=O)N[C@H](C)c3ccccc3)nn2-c2ccc(Cl)cc2Cl)C1. The molecule has 1 aliphatic rings. The Hall–Kier alpha value is -4.14. The Bertz CT molecular complexity index is 1600. The minimum atomic E-state index is -0.558. The van der Waals surface area contributed by atoms with Gasteiger partial charge in [0, 0.05) is 10.6 Å². The van der Waals surface area contributed by atoms with Gasteiger partial charge in [0.1, 0.15) is 5.82 Å². The lowest BCUT2D eigenvalue weighted by Gasteiger charge is -2.29. The van der Waals surface area contributed by atoms with Crippen molar-refractivity contribution in [2.24, 2.45) is 0 Å². The number of carbonyl (C=O) groups is 2. The Morgan fingerprint density at radius 3 is 2.45 bits per heavy atom. The summed E-state index contributed by atoms with van der Waals surface area (Å²) in [5, 5.41) is 8.52. The second-order valence-corrected chi connectivity index (χ2v) is 10.2. The van der Waals surface area contributed by atoms with Gasteiger partial charge in [0.2, 0.25) is 0 Å². The van der Waals surface area contributed by atoms with Crippen LogP contribution in [0.1, 0.15) is 45.8 Å². The first-order chi connectivity index (χ1) is 19.2. The number of hydrogen-bond donors (Lipinski definition) is 1. The zero-order valence-corrected chi connectivity index (χ0v) is 23.2. The van der Waals surface area contributed by atoms with Crippen LogP contribution in [0.3, 0.4) is 0 Å². The molecule has 7 nitrogen and oxygen atoms in total. The molecule has 0 radical (unpaired) electrons. The van der Waals surface area contributed by atoms with Crippen molar-refractivity contribution in [1.29, 1.82) is 0 Å². The fraction of sp³-hybridized carbons (Fsp3) is 0.167.